The SMILES string of the molecule is CNc1nc(N2CCCCCC2)ccc1C(=N)C(=O)N1CCN(C2CCCC2)C(=O)C1. The summed E-state index contributed by atoms with van der Waals surface area (Å²) in [7, 11) is 1.76. The van der Waals surface area contributed by atoms with Crippen LogP contribution in [0.15, 0.2) is 12.1 Å². The molecule has 0 bridgehead atoms. The zero-order valence-electron chi connectivity index (χ0n) is 18.5. The highest BCUT2D eigenvalue weighted by molar-refractivity contribution is 6.45. The molecule has 3 fully saturated rings. The lowest BCUT2D eigenvalue weighted by atomic mass is 10.1. The highest BCUT2D eigenvalue weighted by Gasteiger charge is 2.34. The van der Waals surface area contributed by atoms with Crippen LogP contribution in [0.5, 0.6) is 0 Å². The number of aromatic nitrogens is 1. The molecule has 8 nitrogen and oxygen atoms in total. The molecule has 1 aromatic heterocycles. The lowest BCUT2D eigenvalue weighted by Crippen LogP contribution is -2.56. The van der Waals surface area contributed by atoms with Crippen LogP contribution in [0.2, 0.25) is 0 Å². The van der Waals surface area contributed by atoms with E-state index >= 15 is 0 Å². The summed E-state index contributed by atoms with van der Waals surface area (Å²) in [6.45, 7) is 3.08. The van der Waals surface area contributed by atoms with Crippen LogP contribution in [0.4, 0.5) is 11.6 Å². The fourth-order valence-corrected chi connectivity index (χ4v) is 5.05. The summed E-state index contributed by atoms with van der Waals surface area (Å²) >= 11 is 0. The lowest BCUT2D eigenvalue weighted by Gasteiger charge is -2.37. The number of anilines is 2. The molecule has 2 N–H and O–H groups in total. The Hall–Kier alpha value is -2.64. The Morgan fingerprint density at radius 2 is 1.74 bits per heavy atom. The molecule has 0 aromatic carbocycles. The molecule has 2 saturated heterocycles. The molecule has 168 valence electrons. The maximum absolute atomic E-state index is 13.0. The molecule has 31 heavy (non-hydrogen) atoms. The van der Waals surface area contributed by atoms with Crippen molar-refractivity contribution >= 4 is 29.2 Å². The van der Waals surface area contributed by atoms with Crippen molar-refractivity contribution in [3.8, 4) is 0 Å². The molecule has 1 aliphatic carbocycles. The Balaban J connectivity index is 1.44. The second-order valence-corrected chi connectivity index (χ2v) is 8.84. The van der Waals surface area contributed by atoms with Gasteiger partial charge in [0.15, 0.2) is 0 Å². The maximum Gasteiger partial charge on any atom is 0.273 e. The summed E-state index contributed by atoms with van der Waals surface area (Å²) in [6, 6.07) is 4.05. The van der Waals surface area contributed by atoms with Crippen molar-refractivity contribution in [1.29, 1.82) is 5.41 Å². The summed E-state index contributed by atoms with van der Waals surface area (Å²) in [5.41, 5.74) is 0.373. The minimum atomic E-state index is -0.403. The van der Waals surface area contributed by atoms with Gasteiger partial charge in [0.2, 0.25) is 5.91 Å². The number of nitrogens with one attached hydrogen (secondary N) is 2. The minimum Gasteiger partial charge on any atom is -0.373 e. The normalized spacial score (nSPS) is 20.7. The van der Waals surface area contributed by atoms with Gasteiger partial charge in [-0.25, -0.2) is 4.98 Å². The number of hydrogen-bond donors (Lipinski definition) is 2. The van der Waals surface area contributed by atoms with Crippen LogP contribution in [-0.2, 0) is 9.59 Å². The molecule has 4 rings (SSSR count). The van der Waals surface area contributed by atoms with E-state index < -0.39 is 5.91 Å². The topological polar surface area (TPSA) is 92.6 Å². The first-order valence-corrected chi connectivity index (χ1v) is 11.7. The number of pyridine rings is 1. The first-order valence-electron chi connectivity index (χ1n) is 11.7. The van der Waals surface area contributed by atoms with E-state index in [0.29, 0.717) is 30.5 Å². The average molecular weight is 427 g/mol. The second-order valence-electron chi connectivity index (χ2n) is 8.84. The van der Waals surface area contributed by atoms with Gasteiger partial charge in [0, 0.05) is 44.8 Å². The van der Waals surface area contributed by atoms with Crippen LogP contribution in [0, 0.1) is 5.41 Å². The van der Waals surface area contributed by atoms with Crippen molar-refractivity contribution < 1.29 is 9.59 Å². The standard InChI is InChI=1S/C23H34N6O2/c1-25-22-18(10-11-19(26-22)27-12-6-2-3-7-13-27)21(24)23(31)28-14-15-29(20(30)16-28)17-8-4-5-9-17/h10-11,17,24H,2-9,12-16H2,1H3,(H,25,26). The number of nitrogens with zero attached hydrogens (tertiary/aromatic N) is 4. The minimum absolute atomic E-state index is 0.00257. The van der Waals surface area contributed by atoms with E-state index in [9.17, 15) is 9.59 Å². The molecule has 2 amide bonds. The van der Waals surface area contributed by atoms with Gasteiger partial charge in [0.1, 0.15) is 23.9 Å². The van der Waals surface area contributed by atoms with E-state index in [0.717, 1.165) is 44.6 Å². The highest BCUT2D eigenvalue weighted by atomic mass is 16.2. The predicted molar refractivity (Wildman–Crippen MR) is 122 cm³/mol. The maximum atomic E-state index is 13.0. The van der Waals surface area contributed by atoms with E-state index in [1.807, 2.05) is 17.0 Å². The van der Waals surface area contributed by atoms with Gasteiger partial charge in [-0.15, -0.1) is 0 Å². The molecule has 8 heteroatoms. The largest absolute Gasteiger partial charge is 0.373 e. The third-order valence-corrected chi connectivity index (χ3v) is 6.84. The Labute approximate surface area is 184 Å². The number of amides is 2. The number of hydrogen-bond acceptors (Lipinski definition) is 6. The Morgan fingerprint density at radius 1 is 1.03 bits per heavy atom. The lowest BCUT2D eigenvalue weighted by molar-refractivity contribution is -0.144. The molecule has 1 saturated carbocycles. The van der Waals surface area contributed by atoms with Gasteiger partial charge >= 0.3 is 0 Å². The van der Waals surface area contributed by atoms with Crippen LogP contribution >= 0.6 is 0 Å². The zero-order valence-corrected chi connectivity index (χ0v) is 18.5. The fourth-order valence-electron chi connectivity index (χ4n) is 5.05. The van der Waals surface area contributed by atoms with Gasteiger partial charge in [0.05, 0.1) is 0 Å². The zero-order chi connectivity index (χ0) is 21.8. The molecule has 1 aromatic rings. The van der Waals surface area contributed by atoms with Crippen molar-refractivity contribution in [2.75, 3.05) is 50.0 Å². The summed E-state index contributed by atoms with van der Waals surface area (Å²) in [5, 5.41) is 11.6. The monoisotopic (exact) mass is 426 g/mol. The summed E-state index contributed by atoms with van der Waals surface area (Å²) in [4.78, 5) is 36.1. The van der Waals surface area contributed by atoms with Gasteiger partial charge in [0.25, 0.3) is 5.91 Å². The quantitative estimate of drug-likeness (QED) is 0.706. The van der Waals surface area contributed by atoms with Gasteiger partial charge < -0.3 is 20.0 Å². The van der Waals surface area contributed by atoms with Crippen LogP contribution in [0.25, 0.3) is 0 Å². The molecule has 0 unspecified atom stereocenters. The molecule has 0 atom stereocenters. The van der Waals surface area contributed by atoms with Crippen molar-refractivity contribution in [1.82, 2.24) is 14.8 Å². The molecule has 0 radical (unpaired) electrons. The van der Waals surface area contributed by atoms with E-state index in [1.54, 1.807) is 7.05 Å². The van der Waals surface area contributed by atoms with E-state index in [4.69, 9.17) is 10.4 Å². The predicted octanol–water partition coefficient (Wildman–Crippen LogP) is 2.48. The fraction of sp³-hybridized carbons (Fsp3) is 0.652. The van der Waals surface area contributed by atoms with Crippen molar-refractivity contribution in [2.45, 2.75) is 57.4 Å². The van der Waals surface area contributed by atoms with Gasteiger partial charge in [-0.05, 0) is 37.8 Å². The first-order chi connectivity index (χ1) is 15.1. The van der Waals surface area contributed by atoms with Crippen molar-refractivity contribution in [3.05, 3.63) is 17.7 Å². The van der Waals surface area contributed by atoms with Crippen LogP contribution in [0.3, 0.4) is 0 Å². The summed E-state index contributed by atoms with van der Waals surface area (Å²) in [5.74, 6) is 1.02. The summed E-state index contributed by atoms with van der Waals surface area (Å²) in [6.07, 6.45) is 9.30. The molecular formula is C23H34N6O2. The average Bonchev–Trinajstić information content (AvgIpc) is 3.19. The molecule has 3 heterocycles. The summed E-state index contributed by atoms with van der Waals surface area (Å²) < 4.78 is 0. The van der Waals surface area contributed by atoms with Crippen LogP contribution in [-0.4, -0.2) is 78.1 Å². The number of rotatable bonds is 5. The van der Waals surface area contributed by atoms with Crippen LogP contribution in [0.1, 0.15) is 56.9 Å². The molecule has 2 aliphatic heterocycles. The Morgan fingerprint density at radius 3 is 2.39 bits per heavy atom. The Bertz CT molecular complexity index is 827. The van der Waals surface area contributed by atoms with Crippen molar-refractivity contribution in [2.24, 2.45) is 0 Å². The van der Waals surface area contributed by atoms with Crippen molar-refractivity contribution in [3.63, 3.8) is 0 Å². The molecular weight excluding hydrogens is 392 g/mol. The smallest absolute Gasteiger partial charge is 0.273 e. The van der Waals surface area contributed by atoms with Gasteiger partial charge in [-0.2, -0.15) is 0 Å². The second kappa shape index (κ2) is 9.66. The number of carbonyl (C=O) groups excluding carboxylic acids is 2. The number of carbonyl (C=O) groups is 2. The van der Waals surface area contributed by atoms with Crippen LogP contribution < -0.4 is 10.2 Å². The molecule has 0 spiro atoms. The Kier molecular flexibility index (Phi) is 6.73. The van der Waals surface area contributed by atoms with Gasteiger partial charge in [-0.3, -0.25) is 15.0 Å². The molecule has 3 aliphatic rings. The third kappa shape index (κ3) is 4.67. The number of piperazine rings is 1. The van der Waals surface area contributed by atoms with E-state index in [-0.39, 0.29) is 18.2 Å². The van der Waals surface area contributed by atoms with Gasteiger partial charge in [-0.1, -0.05) is 25.7 Å². The third-order valence-electron chi connectivity index (χ3n) is 6.84. The highest BCUT2D eigenvalue weighted by Crippen LogP contribution is 2.26. The first kappa shape index (κ1) is 21.6. The van der Waals surface area contributed by atoms with E-state index in [1.165, 1.54) is 30.6 Å². The van der Waals surface area contributed by atoms with E-state index in [2.05, 4.69) is 10.2 Å².